The molecule has 0 saturated carbocycles. The number of methoxy groups -OCH3 is 1. The molecule has 0 atom stereocenters. The molecule has 2 rings (SSSR count). The minimum absolute atomic E-state index is 0.308. The number of allylic oxidation sites excluding steroid dienone is 1. The lowest BCUT2D eigenvalue weighted by atomic mass is 10.1. The average Bonchev–Trinajstić information content (AvgIpc) is 2.50. The third kappa shape index (κ3) is 4.05. The molecule has 0 aliphatic heterocycles. The van der Waals surface area contributed by atoms with Crippen molar-refractivity contribution in [2.45, 2.75) is 13.3 Å². The number of hydrogen-bond donors (Lipinski definition) is 1. The van der Waals surface area contributed by atoms with Crippen molar-refractivity contribution < 1.29 is 9.53 Å². The number of carbonyl (C=O) groups is 1. The summed E-state index contributed by atoms with van der Waals surface area (Å²) >= 11 is 6.12. The molecule has 0 aliphatic rings. The molecule has 1 aromatic carbocycles. The van der Waals surface area contributed by atoms with Gasteiger partial charge in [0.1, 0.15) is 22.5 Å². The van der Waals surface area contributed by atoms with Crippen LogP contribution in [0.2, 0.25) is 5.15 Å². The van der Waals surface area contributed by atoms with Crippen molar-refractivity contribution in [2.75, 3.05) is 12.4 Å². The first-order chi connectivity index (χ1) is 10.6. The predicted molar refractivity (Wildman–Crippen MR) is 87.2 cm³/mol. The Hall–Kier alpha value is -2.40. The maximum atomic E-state index is 10.7. The molecule has 1 N–H and O–H groups in total. The highest BCUT2D eigenvalue weighted by atomic mass is 35.5. The van der Waals surface area contributed by atoms with Gasteiger partial charge in [-0.1, -0.05) is 35.9 Å². The molecule has 5 nitrogen and oxygen atoms in total. The highest BCUT2D eigenvalue weighted by Gasteiger charge is 2.08. The molecule has 114 valence electrons. The Morgan fingerprint density at radius 2 is 2.00 bits per heavy atom. The van der Waals surface area contributed by atoms with Gasteiger partial charge in [-0.2, -0.15) is 0 Å². The van der Waals surface area contributed by atoms with Crippen molar-refractivity contribution >= 4 is 29.9 Å². The number of hydrogen-bond acceptors (Lipinski definition) is 4. The lowest BCUT2D eigenvalue weighted by Gasteiger charge is -2.06. The monoisotopic (exact) mass is 317 g/mol. The summed E-state index contributed by atoms with van der Waals surface area (Å²) in [5.41, 5.74) is 1.72. The van der Waals surface area contributed by atoms with Crippen LogP contribution in [0.4, 0.5) is 5.82 Å². The van der Waals surface area contributed by atoms with Crippen LogP contribution >= 0.6 is 11.6 Å². The number of anilines is 1. The van der Waals surface area contributed by atoms with Crippen molar-refractivity contribution in [3.63, 3.8) is 0 Å². The van der Waals surface area contributed by atoms with Gasteiger partial charge in [-0.25, -0.2) is 9.97 Å². The maximum absolute atomic E-state index is 10.7. The van der Waals surface area contributed by atoms with Crippen molar-refractivity contribution in [1.82, 2.24) is 9.97 Å². The zero-order chi connectivity index (χ0) is 15.9. The van der Waals surface area contributed by atoms with E-state index in [4.69, 9.17) is 16.3 Å². The molecule has 0 fully saturated rings. The Morgan fingerprint density at radius 3 is 2.64 bits per heavy atom. The van der Waals surface area contributed by atoms with E-state index in [1.54, 1.807) is 20.1 Å². The van der Waals surface area contributed by atoms with Crippen LogP contribution in [-0.2, 0) is 11.2 Å². The molecular formula is C16H16ClN3O2. The highest BCUT2D eigenvalue weighted by molar-refractivity contribution is 6.31. The van der Waals surface area contributed by atoms with Crippen molar-refractivity contribution in [2.24, 2.45) is 0 Å². The largest absolute Gasteiger partial charge is 0.497 e. The molecule has 0 radical (unpaired) electrons. The third-order valence-corrected chi connectivity index (χ3v) is 3.29. The van der Waals surface area contributed by atoms with Crippen molar-refractivity contribution in [3.8, 4) is 5.75 Å². The predicted octanol–water partition coefficient (Wildman–Crippen LogP) is 3.27. The number of halogens is 1. The average molecular weight is 318 g/mol. The van der Waals surface area contributed by atoms with E-state index in [2.05, 4.69) is 15.3 Å². The first kappa shape index (κ1) is 16.0. The quantitative estimate of drug-likeness (QED) is 0.656. The summed E-state index contributed by atoms with van der Waals surface area (Å²) in [7, 11) is 1.63. The van der Waals surface area contributed by atoms with Gasteiger partial charge >= 0.3 is 0 Å². The number of benzene rings is 1. The molecule has 2 aromatic rings. The lowest BCUT2D eigenvalue weighted by molar-refractivity contribution is -0.105. The number of aromatic nitrogens is 2. The van der Waals surface area contributed by atoms with E-state index >= 15 is 0 Å². The fourth-order valence-electron chi connectivity index (χ4n) is 1.94. The Kier molecular flexibility index (Phi) is 5.49. The Morgan fingerprint density at radius 1 is 1.27 bits per heavy atom. The summed E-state index contributed by atoms with van der Waals surface area (Å²) in [5, 5.41) is 2.85. The van der Waals surface area contributed by atoms with E-state index in [1.165, 1.54) is 0 Å². The van der Waals surface area contributed by atoms with E-state index < -0.39 is 0 Å². The first-order valence-electron chi connectivity index (χ1n) is 6.68. The van der Waals surface area contributed by atoms with Gasteiger partial charge in [0.2, 0.25) is 6.41 Å². The number of amides is 1. The molecular weight excluding hydrogens is 302 g/mol. The minimum Gasteiger partial charge on any atom is -0.497 e. The van der Waals surface area contributed by atoms with Crippen LogP contribution < -0.4 is 10.1 Å². The zero-order valence-electron chi connectivity index (χ0n) is 12.3. The van der Waals surface area contributed by atoms with Crippen LogP contribution in [0, 0.1) is 6.92 Å². The molecule has 6 heteroatoms. The molecule has 0 aliphatic carbocycles. The number of rotatable bonds is 6. The second-order valence-electron chi connectivity index (χ2n) is 4.54. The molecule has 0 spiro atoms. The molecule has 22 heavy (non-hydrogen) atoms. The Bertz CT molecular complexity index is 685. The maximum Gasteiger partial charge on any atom is 0.212 e. The Labute approximate surface area is 134 Å². The van der Waals surface area contributed by atoms with Gasteiger partial charge in [0.25, 0.3) is 0 Å². The number of aryl methyl sites for hydroxylation is 1. The fourth-order valence-corrected chi connectivity index (χ4v) is 2.21. The van der Waals surface area contributed by atoms with Crippen LogP contribution in [0.3, 0.4) is 0 Å². The smallest absolute Gasteiger partial charge is 0.212 e. The topological polar surface area (TPSA) is 64.1 Å². The van der Waals surface area contributed by atoms with Crippen molar-refractivity contribution in [3.05, 3.63) is 52.4 Å². The molecule has 1 amide bonds. The molecule has 0 saturated heterocycles. The van der Waals surface area contributed by atoms with Gasteiger partial charge in [-0.05, 0) is 31.0 Å². The van der Waals surface area contributed by atoms with Crippen LogP contribution in [0.15, 0.2) is 30.3 Å². The van der Waals surface area contributed by atoms with Gasteiger partial charge < -0.3 is 10.1 Å². The summed E-state index contributed by atoms with van der Waals surface area (Å²) in [5.74, 6) is 1.72. The fraction of sp³-hybridized carbons (Fsp3) is 0.188. The van der Waals surface area contributed by atoms with Crippen LogP contribution in [-0.4, -0.2) is 23.5 Å². The van der Waals surface area contributed by atoms with Gasteiger partial charge in [0.05, 0.1) is 12.7 Å². The van der Waals surface area contributed by atoms with Gasteiger partial charge in [0.15, 0.2) is 0 Å². The van der Waals surface area contributed by atoms with Gasteiger partial charge in [-0.3, -0.25) is 4.79 Å². The van der Waals surface area contributed by atoms with E-state index in [-0.39, 0.29) is 0 Å². The highest BCUT2D eigenvalue weighted by Crippen LogP contribution is 2.22. The van der Waals surface area contributed by atoms with E-state index in [1.807, 2.05) is 30.3 Å². The Balaban J connectivity index is 2.16. The summed E-state index contributed by atoms with van der Waals surface area (Å²) < 4.78 is 5.12. The molecule has 0 unspecified atom stereocenters. The van der Waals surface area contributed by atoms with Crippen LogP contribution in [0.25, 0.3) is 6.08 Å². The minimum atomic E-state index is 0.308. The number of carbonyl (C=O) groups excluding carboxylic acids is 1. The van der Waals surface area contributed by atoms with Gasteiger partial charge in [-0.15, -0.1) is 0 Å². The lowest BCUT2D eigenvalue weighted by Crippen LogP contribution is -2.03. The summed E-state index contributed by atoms with van der Waals surface area (Å²) in [6.45, 7) is 1.71. The number of ether oxygens (including phenoxy) is 1. The van der Waals surface area contributed by atoms with E-state index in [0.717, 1.165) is 11.3 Å². The summed E-state index contributed by atoms with van der Waals surface area (Å²) in [6.07, 6.45) is 5.03. The third-order valence-electron chi connectivity index (χ3n) is 3.00. The van der Waals surface area contributed by atoms with Crippen molar-refractivity contribution in [1.29, 1.82) is 0 Å². The van der Waals surface area contributed by atoms with Gasteiger partial charge in [0, 0.05) is 0 Å². The SMILES string of the molecule is COc1ccc(C/C=C\c2c(Cl)nc(C)nc2NC=O)cc1. The summed E-state index contributed by atoms with van der Waals surface area (Å²) in [4.78, 5) is 18.9. The summed E-state index contributed by atoms with van der Waals surface area (Å²) in [6, 6.07) is 7.79. The van der Waals surface area contributed by atoms with Crippen LogP contribution in [0.5, 0.6) is 5.75 Å². The first-order valence-corrected chi connectivity index (χ1v) is 7.05. The van der Waals surface area contributed by atoms with E-state index in [9.17, 15) is 4.79 Å². The van der Waals surface area contributed by atoms with Crippen LogP contribution in [0.1, 0.15) is 17.0 Å². The van der Waals surface area contributed by atoms with E-state index in [0.29, 0.717) is 35.2 Å². The second kappa shape index (κ2) is 7.56. The molecule has 1 heterocycles. The standard InChI is InChI=1S/C16H16ClN3O2/c1-11-19-15(17)14(16(20-11)18-10-21)5-3-4-12-6-8-13(22-2)9-7-12/h3,5-10H,4H2,1-2H3,(H,18,19,20,21)/b5-3-. The molecule has 0 bridgehead atoms. The number of nitrogens with one attached hydrogen (secondary N) is 1. The normalized spacial score (nSPS) is 10.7. The second-order valence-corrected chi connectivity index (χ2v) is 4.90. The molecule has 1 aromatic heterocycles. The number of nitrogens with zero attached hydrogens (tertiary/aromatic N) is 2. The zero-order valence-corrected chi connectivity index (χ0v) is 13.1.